The lowest BCUT2D eigenvalue weighted by Crippen LogP contribution is -2.32. The Morgan fingerprint density at radius 1 is 1.22 bits per heavy atom. The first-order chi connectivity index (χ1) is 8.54. The highest BCUT2D eigenvalue weighted by molar-refractivity contribution is 5.81. The zero-order valence-corrected chi connectivity index (χ0v) is 12.3. The van der Waals surface area contributed by atoms with Crippen LogP contribution in [-0.2, 0) is 4.79 Å². The maximum absolute atomic E-state index is 11.9. The van der Waals surface area contributed by atoms with E-state index in [9.17, 15) is 4.79 Å². The molecule has 0 radical (unpaired) electrons. The fraction of sp³-hybridized carbons (Fsp3) is 0.688. The van der Waals surface area contributed by atoms with E-state index < -0.39 is 0 Å². The predicted molar refractivity (Wildman–Crippen MR) is 77.4 cm³/mol. The summed E-state index contributed by atoms with van der Waals surface area (Å²) in [6, 6.07) is 0. The molecule has 0 spiro atoms. The second kappa shape index (κ2) is 7.40. The lowest BCUT2D eigenvalue weighted by Gasteiger charge is -2.19. The summed E-state index contributed by atoms with van der Waals surface area (Å²) in [6.07, 6.45) is 8.87. The molecular weight excluding hydrogens is 222 g/mol. The van der Waals surface area contributed by atoms with Crippen molar-refractivity contribution in [3.63, 3.8) is 0 Å². The third-order valence-electron chi connectivity index (χ3n) is 3.37. The van der Waals surface area contributed by atoms with Crippen LogP contribution in [0, 0.1) is 5.92 Å². The molecule has 0 N–H and O–H groups in total. The van der Waals surface area contributed by atoms with Crippen molar-refractivity contribution >= 4 is 5.91 Å². The molecule has 1 fully saturated rings. The van der Waals surface area contributed by atoms with Crippen LogP contribution in [0.1, 0.15) is 53.4 Å². The fourth-order valence-corrected chi connectivity index (χ4v) is 1.92. The van der Waals surface area contributed by atoms with Crippen molar-refractivity contribution < 1.29 is 4.79 Å². The molecule has 18 heavy (non-hydrogen) atoms. The van der Waals surface area contributed by atoms with Gasteiger partial charge in [-0.3, -0.25) is 4.79 Å². The molecule has 0 aromatic rings. The van der Waals surface area contributed by atoms with E-state index in [1.165, 1.54) is 11.1 Å². The molecule has 1 rings (SSSR count). The Hall–Kier alpha value is -1.05. The Morgan fingerprint density at radius 2 is 1.89 bits per heavy atom. The molecule has 102 valence electrons. The average molecular weight is 249 g/mol. The first-order valence-electron chi connectivity index (χ1n) is 7.12. The van der Waals surface area contributed by atoms with Crippen LogP contribution >= 0.6 is 0 Å². The average Bonchev–Trinajstić information content (AvgIpc) is 3.12. The van der Waals surface area contributed by atoms with E-state index >= 15 is 0 Å². The monoisotopic (exact) mass is 249 g/mol. The van der Waals surface area contributed by atoms with Crippen molar-refractivity contribution in [1.29, 1.82) is 0 Å². The predicted octanol–water partition coefficient (Wildman–Crippen LogP) is 3.94. The number of carbonyl (C=O) groups is 1. The largest absolute Gasteiger partial charge is 0.339 e. The Labute approximate surface area is 112 Å². The summed E-state index contributed by atoms with van der Waals surface area (Å²) in [5.41, 5.74) is 2.76. The third kappa shape index (κ3) is 5.52. The molecule has 1 aliphatic carbocycles. The molecular formula is C16H27NO. The van der Waals surface area contributed by atoms with E-state index in [2.05, 4.69) is 39.8 Å². The second-order valence-electron chi connectivity index (χ2n) is 5.52. The van der Waals surface area contributed by atoms with E-state index in [-0.39, 0.29) is 0 Å². The smallest absolute Gasteiger partial charge is 0.225 e. The van der Waals surface area contributed by atoms with Gasteiger partial charge in [0.25, 0.3) is 0 Å². The van der Waals surface area contributed by atoms with E-state index in [1.54, 1.807) is 0 Å². The maximum Gasteiger partial charge on any atom is 0.225 e. The number of amides is 1. The van der Waals surface area contributed by atoms with Gasteiger partial charge in [0.15, 0.2) is 0 Å². The van der Waals surface area contributed by atoms with Gasteiger partial charge in [0.05, 0.1) is 0 Å². The van der Waals surface area contributed by atoms with Crippen molar-refractivity contribution in [2.45, 2.75) is 53.4 Å². The first kappa shape index (κ1) is 15.0. The highest BCUT2D eigenvalue weighted by atomic mass is 16.2. The number of hydrogen-bond acceptors (Lipinski definition) is 1. The van der Waals surface area contributed by atoms with Gasteiger partial charge in [-0.1, -0.05) is 23.3 Å². The molecule has 1 aliphatic rings. The standard InChI is InChI=1S/C16H27NO/c1-5-17(16(18)15-9-10-15)12-11-14(4)8-6-7-13(2)3/h7,11,15H,5-6,8-10,12H2,1-4H3/b14-11-. The van der Waals surface area contributed by atoms with Crippen molar-refractivity contribution in [1.82, 2.24) is 4.90 Å². The van der Waals surface area contributed by atoms with Gasteiger partial charge in [0, 0.05) is 19.0 Å². The summed E-state index contributed by atoms with van der Waals surface area (Å²) in [4.78, 5) is 13.9. The van der Waals surface area contributed by atoms with Crippen molar-refractivity contribution in [3.05, 3.63) is 23.3 Å². The lowest BCUT2D eigenvalue weighted by molar-refractivity contribution is -0.131. The first-order valence-corrected chi connectivity index (χ1v) is 7.12. The number of allylic oxidation sites excluding steroid dienone is 3. The Balaban J connectivity index is 2.35. The molecule has 0 atom stereocenters. The van der Waals surface area contributed by atoms with E-state index in [0.717, 1.165) is 38.8 Å². The molecule has 0 heterocycles. The van der Waals surface area contributed by atoms with Gasteiger partial charge < -0.3 is 4.90 Å². The minimum Gasteiger partial charge on any atom is -0.339 e. The quantitative estimate of drug-likeness (QED) is 0.626. The Morgan fingerprint density at radius 3 is 2.39 bits per heavy atom. The van der Waals surface area contributed by atoms with Gasteiger partial charge in [0.1, 0.15) is 0 Å². The van der Waals surface area contributed by atoms with Gasteiger partial charge in [0.2, 0.25) is 5.91 Å². The highest BCUT2D eigenvalue weighted by Gasteiger charge is 2.32. The molecule has 2 heteroatoms. The molecule has 2 nitrogen and oxygen atoms in total. The zero-order chi connectivity index (χ0) is 13.5. The van der Waals surface area contributed by atoms with Crippen LogP contribution < -0.4 is 0 Å². The molecule has 1 amide bonds. The summed E-state index contributed by atoms with van der Waals surface area (Å²) in [5.74, 6) is 0.690. The van der Waals surface area contributed by atoms with E-state index in [0.29, 0.717) is 11.8 Å². The van der Waals surface area contributed by atoms with Crippen LogP contribution in [0.3, 0.4) is 0 Å². The summed E-state index contributed by atoms with van der Waals surface area (Å²) < 4.78 is 0. The van der Waals surface area contributed by atoms with Crippen LogP contribution in [0.25, 0.3) is 0 Å². The van der Waals surface area contributed by atoms with E-state index in [4.69, 9.17) is 0 Å². The van der Waals surface area contributed by atoms with Crippen LogP contribution in [0.2, 0.25) is 0 Å². The minimum absolute atomic E-state index is 0.337. The van der Waals surface area contributed by atoms with Gasteiger partial charge >= 0.3 is 0 Å². The van der Waals surface area contributed by atoms with Gasteiger partial charge in [-0.15, -0.1) is 0 Å². The molecule has 1 saturated carbocycles. The molecule has 0 aromatic heterocycles. The third-order valence-corrected chi connectivity index (χ3v) is 3.37. The molecule has 0 aromatic carbocycles. The number of likely N-dealkylation sites (N-methyl/N-ethyl adjacent to an activating group) is 1. The minimum atomic E-state index is 0.337. The van der Waals surface area contributed by atoms with Crippen LogP contribution in [0.15, 0.2) is 23.3 Å². The fourth-order valence-electron chi connectivity index (χ4n) is 1.92. The summed E-state index contributed by atoms with van der Waals surface area (Å²) in [6.45, 7) is 10.1. The number of rotatable bonds is 7. The SMILES string of the molecule is CCN(C/C=C(/C)CCC=C(C)C)C(=O)C1CC1. The summed E-state index contributed by atoms with van der Waals surface area (Å²) in [7, 11) is 0. The Kier molecular flexibility index (Phi) is 6.17. The van der Waals surface area contributed by atoms with Crippen LogP contribution in [0.4, 0.5) is 0 Å². The molecule has 0 saturated heterocycles. The molecule has 0 bridgehead atoms. The lowest BCUT2D eigenvalue weighted by atomic mass is 10.1. The molecule has 0 aliphatic heterocycles. The number of hydrogen-bond donors (Lipinski definition) is 0. The summed E-state index contributed by atoms with van der Waals surface area (Å²) >= 11 is 0. The van der Waals surface area contributed by atoms with Crippen LogP contribution in [0.5, 0.6) is 0 Å². The number of carbonyl (C=O) groups excluding carboxylic acids is 1. The normalized spacial score (nSPS) is 15.4. The van der Waals surface area contributed by atoms with Gasteiger partial charge in [-0.2, -0.15) is 0 Å². The van der Waals surface area contributed by atoms with Gasteiger partial charge in [-0.25, -0.2) is 0 Å². The second-order valence-corrected chi connectivity index (χ2v) is 5.52. The summed E-state index contributed by atoms with van der Waals surface area (Å²) in [5, 5.41) is 0. The molecule has 0 unspecified atom stereocenters. The van der Waals surface area contributed by atoms with Crippen molar-refractivity contribution in [2.75, 3.05) is 13.1 Å². The van der Waals surface area contributed by atoms with Crippen LogP contribution in [-0.4, -0.2) is 23.9 Å². The zero-order valence-electron chi connectivity index (χ0n) is 12.3. The van der Waals surface area contributed by atoms with Crippen molar-refractivity contribution in [3.8, 4) is 0 Å². The maximum atomic E-state index is 11.9. The Bertz CT molecular complexity index is 333. The van der Waals surface area contributed by atoms with E-state index in [1.807, 2.05) is 4.90 Å². The van der Waals surface area contributed by atoms with Crippen molar-refractivity contribution in [2.24, 2.45) is 5.92 Å². The van der Waals surface area contributed by atoms with Gasteiger partial charge in [-0.05, 0) is 53.4 Å². The number of nitrogens with zero attached hydrogens (tertiary/aromatic N) is 1. The topological polar surface area (TPSA) is 20.3 Å². The highest BCUT2D eigenvalue weighted by Crippen LogP contribution is 2.30.